The van der Waals surface area contributed by atoms with Crippen LogP contribution in [0.2, 0.25) is 0 Å². The van der Waals surface area contributed by atoms with Gasteiger partial charge in [0.2, 0.25) is 0 Å². The summed E-state index contributed by atoms with van der Waals surface area (Å²) in [5.74, 6) is 1.12. The summed E-state index contributed by atoms with van der Waals surface area (Å²) in [4.78, 5) is 8.01. The minimum atomic E-state index is 0.454. The first kappa shape index (κ1) is 10.1. The monoisotopic (exact) mass is 198 g/mol. The van der Waals surface area contributed by atoms with Crippen LogP contribution in [0.3, 0.4) is 0 Å². The number of nitrogens with one attached hydrogen (secondary N) is 1. The Morgan fingerprint density at radius 3 is 2.85 bits per heavy atom. The Balaban J connectivity index is 2.50. The van der Waals surface area contributed by atoms with Gasteiger partial charge in [-0.25, -0.2) is 9.97 Å². The van der Waals surface area contributed by atoms with Crippen LogP contribution >= 0.6 is 11.8 Å². The van der Waals surface area contributed by atoms with Crippen LogP contribution in [0, 0.1) is 0 Å². The molecule has 3 N–H and O–H groups in total. The molecule has 0 radical (unpaired) electrons. The van der Waals surface area contributed by atoms with Gasteiger partial charge < -0.3 is 11.1 Å². The molecule has 1 heterocycles. The molecular formula is C8H14N4S. The molecule has 5 heteroatoms. The first-order valence-corrected chi connectivity index (χ1v) is 5.36. The molecule has 1 aromatic rings. The second-order valence-corrected chi connectivity index (χ2v) is 3.99. The predicted octanol–water partition coefficient (Wildman–Crippen LogP) is 1.22. The van der Waals surface area contributed by atoms with E-state index in [2.05, 4.69) is 28.5 Å². The lowest BCUT2D eigenvalue weighted by Gasteiger charge is -2.10. The SMILES string of the molecule is CSC(C)CNc1nccnc1N. The van der Waals surface area contributed by atoms with E-state index in [1.807, 2.05) is 0 Å². The van der Waals surface area contributed by atoms with E-state index in [4.69, 9.17) is 5.73 Å². The highest BCUT2D eigenvalue weighted by Crippen LogP contribution is 2.11. The van der Waals surface area contributed by atoms with Gasteiger partial charge in [0.25, 0.3) is 0 Å². The van der Waals surface area contributed by atoms with Crippen LogP contribution in [-0.2, 0) is 0 Å². The molecule has 0 saturated heterocycles. The number of hydrogen-bond donors (Lipinski definition) is 2. The average Bonchev–Trinajstić information content (AvgIpc) is 2.16. The van der Waals surface area contributed by atoms with Crippen LogP contribution in [0.25, 0.3) is 0 Å². The molecule has 0 fully saturated rings. The van der Waals surface area contributed by atoms with Crippen molar-refractivity contribution in [1.29, 1.82) is 0 Å². The van der Waals surface area contributed by atoms with E-state index in [1.165, 1.54) is 0 Å². The van der Waals surface area contributed by atoms with Crippen molar-refractivity contribution in [3.63, 3.8) is 0 Å². The predicted molar refractivity (Wildman–Crippen MR) is 57.9 cm³/mol. The maximum Gasteiger partial charge on any atom is 0.168 e. The van der Waals surface area contributed by atoms with Gasteiger partial charge in [-0.05, 0) is 6.26 Å². The summed E-state index contributed by atoms with van der Waals surface area (Å²) < 4.78 is 0. The molecule has 1 rings (SSSR count). The van der Waals surface area contributed by atoms with E-state index in [0.717, 1.165) is 6.54 Å². The molecule has 0 aliphatic heterocycles. The van der Waals surface area contributed by atoms with Crippen molar-refractivity contribution < 1.29 is 0 Å². The van der Waals surface area contributed by atoms with Crippen molar-refractivity contribution in [3.05, 3.63) is 12.4 Å². The normalized spacial score (nSPS) is 12.5. The highest BCUT2D eigenvalue weighted by atomic mass is 32.2. The van der Waals surface area contributed by atoms with E-state index in [0.29, 0.717) is 16.9 Å². The van der Waals surface area contributed by atoms with Gasteiger partial charge in [-0.2, -0.15) is 11.8 Å². The van der Waals surface area contributed by atoms with Crippen molar-refractivity contribution in [3.8, 4) is 0 Å². The number of aromatic nitrogens is 2. The number of hydrogen-bond acceptors (Lipinski definition) is 5. The fourth-order valence-electron chi connectivity index (χ4n) is 0.809. The number of nitrogen functional groups attached to an aromatic ring is 1. The number of thioether (sulfide) groups is 1. The second kappa shape index (κ2) is 4.91. The zero-order valence-corrected chi connectivity index (χ0v) is 8.64. The average molecular weight is 198 g/mol. The Hall–Kier alpha value is -0.970. The Labute approximate surface area is 82.3 Å². The zero-order chi connectivity index (χ0) is 9.68. The van der Waals surface area contributed by atoms with Crippen LogP contribution in [-0.4, -0.2) is 28.0 Å². The van der Waals surface area contributed by atoms with Crippen LogP contribution in [0.4, 0.5) is 11.6 Å². The Morgan fingerprint density at radius 2 is 2.23 bits per heavy atom. The van der Waals surface area contributed by atoms with E-state index in [9.17, 15) is 0 Å². The maximum atomic E-state index is 5.61. The van der Waals surface area contributed by atoms with Crippen LogP contribution in [0.15, 0.2) is 12.4 Å². The van der Waals surface area contributed by atoms with E-state index in [-0.39, 0.29) is 0 Å². The third-order valence-electron chi connectivity index (χ3n) is 1.69. The zero-order valence-electron chi connectivity index (χ0n) is 7.82. The summed E-state index contributed by atoms with van der Waals surface area (Å²) in [7, 11) is 0. The molecule has 1 aromatic heterocycles. The van der Waals surface area contributed by atoms with Gasteiger partial charge in [-0.3, -0.25) is 0 Å². The Bertz CT molecular complexity index is 266. The van der Waals surface area contributed by atoms with Crippen molar-refractivity contribution in [2.24, 2.45) is 0 Å². The maximum absolute atomic E-state index is 5.61. The summed E-state index contributed by atoms with van der Waals surface area (Å²) >= 11 is 1.80. The van der Waals surface area contributed by atoms with Gasteiger partial charge >= 0.3 is 0 Å². The van der Waals surface area contributed by atoms with Gasteiger partial charge in [0.05, 0.1) is 0 Å². The molecule has 1 atom stereocenters. The highest BCUT2D eigenvalue weighted by Gasteiger charge is 2.02. The van der Waals surface area contributed by atoms with Crippen LogP contribution in [0.5, 0.6) is 0 Å². The molecule has 4 nitrogen and oxygen atoms in total. The molecule has 0 aliphatic carbocycles. The van der Waals surface area contributed by atoms with Crippen LogP contribution in [0.1, 0.15) is 6.92 Å². The highest BCUT2D eigenvalue weighted by molar-refractivity contribution is 7.99. The van der Waals surface area contributed by atoms with Gasteiger partial charge in [0, 0.05) is 24.2 Å². The summed E-state index contributed by atoms with van der Waals surface area (Å²) in [6.07, 6.45) is 5.29. The lowest BCUT2D eigenvalue weighted by Crippen LogP contribution is -2.14. The van der Waals surface area contributed by atoms with Crippen molar-refractivity contribution in [1.82, 2.24) is 9.97 Å². The van der Waals surface area contributed by atoms with Gasteiger partial charge in [0.15, 0.2) is 11.6 Å². The molecule has 0 saturated carbocycles. The first-order chi connectivity index (χ1) is 6.24. The minimum absolute atomic E-state index is 0.454. The van der Waals surface area contributed by atoms with Crippen molar-refractivity contribution in [2.75, 3.05) is 23.9 Å². The largest absolute Gasteiger partial charge is 0.381 e. The summed E-state index contributed by atoms with van der Waals surface area (Å²) in [5, 5.41) is 3.69. The second-order valence-electron chi connectivity index (χ2n) is 2.72. The summed E-state index contributed by atoms with van der Waals surface area (Å²) in [6, 6.07) is 0. The van der Waals surface area contributed by atoms with Crippen molar-refractivity contribution in [2.45, 2.75) is 12.2 Å². The van der Waals surface area contributed by atoms with E-state index in [1.54, 1.807) is 24.2 Å². The van der Waals surface area contributed by atoms with Gasteiger partial charge in [-0.1, -0.05) is 6.92 Å². The fraction of sp³-hybridized carbons (Fsp3) is 0.500. The topological polar surface area (TPSA) is 63.8 Å². The lowest BCUT2D eigenvalue weighted by atomic mass is 10.4. The summed E-state index contributed by atoms with van der Waals surface area (Å²) in [5.41, 5.74) is 5.61. The Morgan fingerprint density at radius 1 is 1.54 bits per heavy atom. The molecular weight excluding hydrogens is 184 g/mol. The van der Waals surface area contributed by atoms with Gasteiger partial charge in [0.1, 0.15) is 0 Å². The lowest BCUT2D eigenvalue weighted by molar-refractivity contribution is 0.988. The molecule has 0 aromatic carbocycles. The third kappa shape index (κ3) is 3.10. The van der Waals surface area contributed by atoms with Crippen LogP contribution < -0.4 is 11.1 Å². The van der Waals surface area contributed by atoms with E-state index >= 15 is 0 Å². The minimum Gasteiger partial charge on any atom is -0.381 e. The first-order valence-electron chi connectivity index (χ1n) is 4.07. The summed E-state index contributed by atoms with van der Waals surface area (Å²) in [6.45, 7) is 2.99. The molecule has 0 bridgehead atoms. The number of nitrogens with two attached hydrogens (primary N) is 1. The third-order valence-corrected chi connectivity index (χ3v) is 2.66. The van der Waals surface area contributed by atoms with Crippen molar-refractivity contribution >= 4 is 23.4 Å². The molecule has 0 amide bonds. The molecule has 13 heavy (non-hydrogen) atoms. The standard InChI is InChI=1S/C8H14N4S/c1-6(13-2)5-12-8-7(9)10-3-4-11-8/h3-4,6H,5H2,1-2H3,(H2,9,10)(H,11,12). The quantitative estimate of drug-likeness (QED) is 0.761. The smallest absolute Gasteiger partial charge is 0.168 e. The number of nitrogens with zero attached hydrogens (tertiary/aromatic N) is 2. The number of anilines is 2. The molecule has 72 valence electrons. The number of rotatable bonds is 4. The van der Waals surface area contributed by atoms with Gasteiger partial charge in [-0.15, -0.1) is 0 Å². The molecule has 0 spiro atoms. The fourth-order valence-corrected chi connectivity index (χ4v) is 1.06. The van der Waals surface area contributed by atoms with E-state index < -0.39 is 0 Å². The molecule has 1 unspecified atom stereocenters. The Kier molecular flexibility index (Phi) is 3.82. The molecule has 0 aliphatic rings.